The monoisotopic (exact) mass is 360 g/mol. The van der Waals surface area contributed by atoms with Gasteiger partial charge in [0.15, 0.2) is 0 Å². The average molecular weight is 361 g/mol. The van der Waals surface area contributed by atoms with Gasteiger partial charge in [-0.05, 0) is 51.9 Å². The molecule has 0 aliphatic heterocycles. The van der Waals surface area contributed by atoms with E-state index >= 15 is 0 Å². The van der Waals surface area contributed by atoms with Crippen LogP contribution in [0.15, 0.2) is 23.6 Å². The second-order valence-electron chi connectivity index (χ2n) is 5.15. The van der Waals surface area contributed by atoms with E-state index in [2.05, 4.69) is 37.4 Å². The first kappa shape index (κ1) is 22.8. The summed E-state index contributed by atoms with van der Waals surface area (Å²) in [7, 11) is -4.99. The number of allylic oxidation sites excluding steroid dienone is 2. The minimum Gasteiger partial charge on any atom is -0.392 e. The molecule has 0 N–H and O–H groups in total. The van der Waals surface area contributed by atoms with E-state index in [1.807, 2.05) is 27.7 Å². The van der Waals surface area contributed by atoms with Crippen molar-refractivity contribution >= 4 is 17.1 Å². The molecule has 0 rings (SSSR count). The Balaban J connectivity index is 5.67. The topological polar surface area (TPSA) is 36.9 Å². The largest absolute Gasteiger partial charge is 0.392 e. The molecule has 136 valence electrons. The van der Waals surface area contributed by atoms with E-state index in [-0.39, 0.29) is 0 Å². The first-order valence-corrected chi connectivity index (χ1v) is 13.2. The van der Waals surface area contributed by atoms with Crippen molar-refractivity contribution in [2.45, 2.75) is 60.1 Å². The molecule has 0 spiro atoms. The fourth-order valence-corrected chi connectivity index (χ4v) is 11.5. The Kier molecular flexibility index (Phi) is 13.0. The summed E-state index contributed by atoms with van der Waals surface area (Å²) in [6.07, 6.45) is 6.24. The van der Waals surface area contributed by atoms with Crippen molar-refractivity contribution in [3.8, 4) is 0 Å². The lowest BCUT2D eigenvalue weighted by Crippen LogP contribution is -2.53. The predicted octanol–water partition coefficient (Wildman–Crippen LogP) is 4.57. The maximum Gasteiger partial charge on any atom is 0.367 e. The van der Waals surface area contributed by atoms with Gasteiger partial charge in [0.05, 0.1) is 0 Å². The van der Waals surface area contributed by atoms with Crippen molar-refractivity contribution in [1.82, 2.24) is 0 Å². The molecule has 0 aromatic carbocycles. The van der Waals surface area contributed by atoms with Crippen LogP contribution in [0.1, 0.15) is 54.4 Å². The van der Waals surface area contributed by atoms with Gasteiger partial charge >= 0.3 is 17.1 Å². The highest BCUT2D eigenvalue weighted by molar-refractivity contribution is 6.90. The van der Waals surface area contributed by atoms with E-state index in [0.29, 0.717) is 26.4 Å². The quantitative estimate of drug-likeness (QED) is 0.425. The van der Waals surface area contributed by atoms with Gasteiger partial charge < -0.3 is 17.7 Å². The van der Waals surface area contributed by atoms with Crippen LogP contribution in [0.3, 0.4) is 0 Å². The van der Waals surface area contributed by atoms with Gasteiger partial charge in [-0.2, -0.15) is 0 Å². The van der Waals surface area contributed by atoms with Crippen molar-refractivity contribution in [2.24, 2.45) is 0 Å². The fourth-order valence-electron chi connectivity index (χ4n) is 2.51. The third-order valence-electron chi connectivity index (χ3n) is 3.26. The molecule has 0 amide bonds. The maximum absolute atomic E-state index is 6.17. The van der Waals surface area contributed by atoms with Crippen LogP contribution in [-0.4, -0.2) is 43.5 Å². The van der Waals surface area contributed by atoms with Gasteiger partial charge in [-0.25, -0.2) is 0 Å². The van der Waals surface area contributed by atoms with Gasteiger partial charge in [0, 0.05) is 32.1 Å². The summed E-state index contributed by atoms with van der Waals surface area (Å²) in [5, 5.41) is 0. The Morgan fingerprint density at radius 2 is 0.870 bits per heavy atom. The average Bonchev–Trinajstić information content (AvgIpc) is 2.52. The summed E-state index contributed by atoms with van der Waals surface area (Å²) >= 11 is 0. The van der Waals surface area contributed by atoms with Gasteiger partial charge in [-0.3, -0.25) is 0 Å². The van der Waals surface area contributed by atoms with E-state index < -0.39 is 17.1 Å². The number of hydrogen-bond acceptors (Lipinski definition) is 4. The lowest BCUT2D eigenvalue weighted by Gasteiger charge is -2.35. The number of hydrogen-bond donors (Lipinski definition) is 0. The summed E-state index contributed by atoms with van der Waals surface area (Å²) in [6, 6.07) is 0. The molecule has 0 saturated heterocycles. The summed E-state index contributed by atoms with van der Waals surface area (Å²) in [6.45, 7) is 14.9. The third-order valence-corrected chi connectivity index (χ3v) is 11.8. The summed E-state index contributed by atoms with van der Waals surface area (Å²) in [5.74, 6) is 0. The van der Waals surface area contributed by atoms with Crippen molar-refractivity contribution in [3.05, 3.63) is 23.6 Å². The second-order valence-corrected chi connectivity index (χ2v) is 11.6. The lowest BCUT2D eigenvalue weighted by atomic mass is 10.5. The molecule has 0 aromatic heterocycles. The molecule has 0 atom stereocenters. The van der Waals surface area contributed by atoms with Crippen LogP contribution in [0.4, 0.5) is 0 Å². The molecule has 4 nitrogen and oxygen atoms in total. The molecule has 0 unspecified atom stereocenters. The van der Waals surface area contributed by atoms with Crippen molar-refractivity contribution < 1.29 is 17.7 Å². The van der Waals surface area contributed by atoms with Gasteiger partial charge in [0.25, 0.3) is 0 Å². The van der Waals surface area contributed by atoms with Crippen LogP contribution >= 0.6 is 0 Å². The molecule has 0 radical (unpaired) electrons. The van der Waals surface area contributed by atoms with E-state index in [1.165, 1.54) is 0 Å². The molecular weight excluding hydrogens is 324 g/mol. The highest BCUT2D eigenvalue weighted by Crippen LogP contribution is 2.27. The van der Waals surface area contributed by atoms with Gasteiger partial charge in [0.2, 0.25) is 0 Å². The van der Waals surface area contributed by atoms with E-state index in [1.54, 1.807) is 0 Å². The Hall–Kier alpha value is -0.246. The van der Waals surface area contributed by atoms with Crippen LogP contribution in [-0.2, 0) is 17.7 Å². The molecule has 0 saturated carbocycles. The zero-order chi connectivity index (χ0) is 17.6. The van der Waals surface area contributed by atoms with Gasteiger partial charge in [-0.15, -0.1) is 0 Å². The molecular formula is C17H36O4Si2. The summed E-state index contributed by atoms with van der Waals surface area (Å²) in [5.41, 5.74) is 5.06. The SMILES string of the molecule is CCC=C[Si](C[Si](C=CCC)(OCC)OCC)(OCC)OCC. The van der Waals surface area contributed by atoms with Gasteiger partial charge in [0.1, 0.15) is 0 Å². The molecule has 23 heavy (non-hydrogen) atoms. The highest BCUT2D eigenvalue weighted by atomic mass is 28.4. The maximum atomic E-state index is 6.17. The standard InChI is InChI=1S/C17H36O4Si2/c1-7-13-15-22(18-9-3,19-10-4)17-23(20-11-5,21-12-6)16-14-8-2/h13-16H,7-12,17H2,1-6H3. The lowest BCUT2D eigenvalue weighted by molar-refractivity contribution is 0.175. The van der Waals surface area contributed by atoms with Crippen LogP contribution < -0.4 is 0 Å². The third kappa shape index (κ3) is 8.42. The predicted molar refractivity (Wildman–Crippen MR) is 102 cm³/mol. The van der Waals surface area contributed by atoms with Gasteiger partial charge in [-0.1, -0.05) is 26.0 Å². The zero-order valence-electron chi connectivity index (χ0n) is 15.9. The minimum atomic E-state index is -2.50. The van der Waals surface area contributed by atoms with Crippen LogP contribution in [0.2, 0.25) is 5.67 Å². The summed E-state index contributed by atoms with van der Waals surface area (Å²) < 4.78 is 24.7. The first-order chi connectivity index (χ1) is 11.1. The fraction of sp³-hybridized carbons (Fsp3) is 0.765. The van der Waals surface area contributed by atoms with E-state index in [4.69, 9.17) is 17.7 Å². The second kappa shape index (κ2) is 13.1. The normalized spacial score (nSPS) is 13.5. The Labute approximate surface area is 145 Å². The molecule has 0 bridgehead atoms. The first-order valence-electron chi connectivity index (χ1n) is 8.98. The molecule has 0 aliphatic carbocycles. The van der Waals surface area contributed by atoms with Crippen LogP contribution in [0.25, 0.3) is 0 Å². The molecule has 0 heterocycles. The Morgan fingerprint density at radius 1 is 0.565 bits per heavy atom. The smallest absolute Gasteiger partial charge is 0.367 e. The van der Waals surface area contributed by atoms with Crippen LogP contribution in [0.5, 0.6) is 0 Å². The summed E-state index contributed by atoms with van der Waals surface area (Å²) in [4.78, 5) is 0. The van der Waals surface area contributed by atoms with Crippen molar-refractivity contribution in [3.63, 3.8) is 0 Å². The Bertz CT molecular complexity index is 301. The molecule has 0 fully saturated rings. The minimum absolute atomic E-state index is 0.639. The van der Waals surface area contributed by atoms with Crippen LogP contribution in [0, 0.1) is 0 Å². The van der Waals surface area contributed by atoms with Crippen molar-refractivity contribution in [2.75, 3.05) is 26.4 Å². The van der Waals surface area contributed by atoms with E-state index in [9.17, 15) is 0 Å². The molecule has 0 aliphatic rings. The number of rotatable bonds is 14. The van der Waals surface area contributed by atoms with Crippen molar-refractivity contribution in [1.29, 1.82) is 0 Å². The Morgan fingerprint density at radius 3 is 1.09 bits per heavy atom. The van der Waals surface area contributed by atoms with E-state index in [0.717, 1.165) is 18.5 Å². The molecule has 6 heteroatoms. The highest BCUT2D eigenvalue weighted by Gasteiger charge is 2.48. The zero-order valence-corrected chi connectivity index (χ0v) is 17.9. The molecule has 0 aromatic rings.